The number of aromatic amines is 1. The highest BCUT2D eigenvalue weighted by Crippen LogP contribution is 2.27. The van der Waals surface area contributed by atoms with Crippen LogP contribution in [0.15, 0.2) is 41.6 Å². The molecule has 4 heterocycles. The highest BCUT2D eigenvalue weighted by atomic mass is 32.2. The second kappa shape index (κ2) is 8.71. The highest BCUT2D eigenvalue weighted by molar-refractivity contribution is 7.89. The van der Waals surface area contributed by atoms with E-state index in [2.05, 4.69) is 25.5 Å². The van der Waals surface area contributed by atoms with Gasteiger partial charge < -0.3 is 9.88 Å². The van der Waals surface area contributed by atoms with Crippen LogP contribution in [-0.2, 0) is 36.6 Å². The van der Waals surface area contributed by atoms with Gasteiger partial charge in [0.05, 0.1) is 11.7 Å². The molecule has 35 heavy (non-hydrogen) atoms. The van der Waals surface area contributed by atoms with Gasteiger partial charge in [-0.25, -0.2) is 18.4 Å². The second-order valence-corrected chi connectivity index (χ2v) is 10.3. The number of carbonyl (C=O) groups excluding carboxylic acids is 2. The summed E-state index contributed by atoms with van der Waals surface area (Å²) in [5.74, 6) is 0.146. The van der Waals surface area contributed by atoms with Gasteiger partial charge in [0, 0.05) is 55.9 Å². The fourth-order valence-electron chi connectivity index (χ4n) is 4.32. The molecule has 0 saturated carbocycles. The minimum Gasteiger partial charge on any atom is -0.347 e. The average Bonchev–Trinajstić information content (AvgIpc) is 3.46. The Morgan fingerprint density at radius 2 is 2.11 bits per heavy atom. The molecule has 0 fully saturated rings. The summed E-state index contributed by atoms with van der Waals surface area (Å²) in [5, 5.41) is 10.5. The van der Waals surface area contributed by atoms with Gasteiger partial charge >= 0.3 is 0 Å². The first kappa shape index (κ1) is 22.9. The molecular formula is C23H23N7O4S. The Morgan fingerprint density at radius 1 is 1.29 bits per heavy atom. The maximum absolute atomic E-state index is 13.4. The van der Waals surface area contributed by atoms with Gasteiger partial charge in [0.2, 0.25) is 10.0 Å². The van der Waals surface area contributed by atoms with Crippen molar-refractivity contribution < 1.29 is 18.0 Å². The minimum absolute atomic E-state index is 0.0685. The summed E-state index contributed by atoms with van der Waals surface area (Å²) in [4.78, 5) is 33.3. The lowest BCUT2D eigenvalue weighted by Crippen LogP contribution is -2.36. The molecule has 0 saturated heterocycles. The van der Waals surface area contributed by atoms with Crippen molar-refractivity contribution in [3.8, 4) is 0 Å². The molecule has 180 valence electrons. The largest absolute Gasteiger partial charge is 0.347 e. The first-order valence-electron chi connectivity index (χ1n) is 10.9. The van der Waals surface area contributed by atoms with Crippen LogP contribution in [-0.4, -0.2) is 56.2 Å². The number of amides is 1. The van der Waals surface area contributed by atoms with Crippen molar-refractivity contribution in [1.29, 1.82) is 0 Å². The van der Waals surface area contributed by atoms with Gasteiger partial charge in [-0.1, -0.05) is 12.1 Å². The smallest absolute Gasteiger partial charge is 0.268 e. The first-order chi connectivity index (χ1) is 16.8. The van der Waals surface area contributed by atoms with Crippen molar-refractivity contribution in [2.75, 3.05) is 6.54 Å². The van der Waals surface area contributed by atoms with E-state index in [1.165, 1.54) is 22.0 Å². The number of aromatic nitrogens is 5. The molecule has 12 heteroatoms. The van der Waals surface area contributed by atoms with Gasteiger partial charge in [-0.05, 0) is 24.6 Å². The van der Waals surface area contributed by atoms with Crippen molar-refractivity contribution in [3.05, 3.63) is 70.7 Å². The summed E-state index contributed by atoms with van der Waals surface area (Å²) in [7, 11) is -2.52. The molecule has 1 aliphatic heterocycles. The molecule has 0 unspecified atom stereocenters. The van der Waals surface area contributed by atoms with E-state index in [0.29, 0.717) is 18.5 Å². The van der Waals surface area contributed by atoms with Gasteiger partial charge in [0.1, 0.15) is 22.1 Å². The third-order valence-corrected chi connectivity index (χ3v) is 8.12. The topological polar surface area (TPSA) is 143 Å². The lowest BCUT2D eigenvalue weighted by atomic mass is 10.1. The Morgan fingerprint density at radius 3 is 2.91 bits per heavy atom. The van der Waals surface area contributed by atoms with Crippen molar-refractivity contribution >= 4 is 33.1 Å². The van der Waals surface area contributed by atoms with Crippen LogP contribution < -0.4 is 5.32 Å². The van der Waals surface area contributed by atoms with Crippen LogP contribution >= 0.6 is 0 Å². The van der Waals surface area contributed by atoms with Gasteiger partial charge in [-0.2, -0.15) is 9.40 Å². The fraction of sp³-hybridized carbons (Fsp3) is 0.261. The van der Waals surface area contributed by atoms with Gasteiger partial charge in [-0.15, -0.1) is 0 Å². The molecule has 1 aliphatic rings. The number of fused-ring (bicyclic) bond motifs is 2. The number of nitrogens with zero attached hydrogens (tertiary/aromatic N) is 5. The van der Waals surface area contributed by atoms with Crippen LogP contribution in [0.1, 0.15) is 43.6 Å². The van der Waals surface area contributed by atoms with Crippen LogP contribution in [0.2, 0.25) is 0 Å². The molecule has 5 rings (SSSR count). The maximum atomic E-state index is 13.4. The number of rotatable bonds is 6. The molecule has 0 spiro atoms. The Balaban J connectivity index is 1.41. The second-order valence-electron chi connectivity index (χ2n) is 8.37. The predicted octanol–water partition coefficient (Wildman–Crippen LogP) is 1.49. The monoisotopic (exact) mass is 493 g/mol. The molecule has 3 aromatic heterocycles. The van der Waals surface area contributed by atoms with Crippen LogP contribution in [0.25, 0.3) is 10.9 Å². The van der Waals surface area contributed by atoms with Crippen LogP contribution in [0, 0.1) is 6.92 Å². The van der Waals surface area contributed by atoms with E-state index >= 15 is 0 Å². The predicted molar refractivity (Wildman–Crippen MR) is 126 cm³/mol. The summed E-state index contributed by atoms with van der Waals surface area (Å²) in [5.41, 5.74) is 3.26. The molecule has 11 nitrogen and oxygen atoms in total. The lowest BCUT2D eigenvalue weighted by molar-refractivity contribution is 0.0942. The lowest BCUT2D eigenvalue weighted by Gasteiger charge is -2.25. The zero-order chi connectivity index (χ0) is 24.7. The molecule has 0 bridgehead atoms. The fourth-order valence-corrected chi connectivity index (χ4v) is 5.95. The Kier molecular flexibility index (Phi) is 5.69. The number of aryl methyl sites for hydroxylation is 1. The zero-order valence-corrected chi connectivity index (χ0v) is 20.0. The number of hydrogen-bond donors (Lipinski definition) is 2. The van der Waals surface area contributed by atoms with Crippen molar-refractivity contribution in [1.82, 2.24) is 34.4 Å². The Hall–Kier alpha value is -3.90. The standard InChI is InChI=1S/C23H23N7O4S/c1-14-24-11-17-15(4-3-5-19(17)27-14)9-25-23(32)20-8-22(21(13-31)29(20)2)35(33,34)30-7-6-18-16(12-30)10-26-28-18/h3-5,8,10-11,13H,6-7,9,12H2,1-2H3,(H,25,32)(H,26,28). The quantitative estimate of drug-likeness (QED) is 0.387. The van der Waals surface area contributed by atoms with Crippen molar-refractivity contribution in [2.24, 2.45) is 7.05 Å². The first-order valence-corrected chi connectivity index (χ1v) is 12.4. The SMILES string of the molecule is Cc1ncc2c(CNC(=O)c3cc(S(=O)(=O)N4CCc5[nH]ncc5C4)c(C=O)n3C)cccc2n1. The Bertz CT molecular complexity index is 1570. The van der Waals surface area contributed by atoms with Crippen molar-refractivity contribution in [2.45, 2.75) is 31.3 Å². The van der Waals surface area contributed by atoms with E-state index < -0.39 is 15.9 Å². The summed E-state index contributed by atoms with van der Waals surface area (Å²) < 4.78 is 29.4. The zero-order valence-electron chi connectivity index (χ0n) is 19.1. The summed E-state index contributed by atoms with van der Waals surface area (Å²) in [6.45, 7) is 2.37. The third-order valence-electron chi connectivity index (χ3n) is 6.25. The number of benzene rings is 1. The van der Waals surface area contributed by atoms with E-state index in [4.69, 9.17) is 0 Å². The minimum atomic E-state index is -4.02. The highest BCUT2D eigenvalue weighted by Gasteiger charge is 2.34. The molecule has 2 N–H and O–H groups in total. The molecular weight excluding hydrogens is 470 g/mol. The molecule has 0 atom stereocenters. The summed E-state index contributed by atoms with van der Waals surface area (Å²) in [6, 6.07) is 6.83. The molecule has 0 aliphatic carbocycles. The van der Waals surface area contributed by atoms with Crippen molar-refractivity contribution in [3.63, 3.8) is 0 Å². The van der Waals surface area contributed by atoms with Crippen LogP contribution in [0.3, 0.4) is 0 Å². The van der Waals surface area contributed by atoms with E-state index in [9.17, 15) is 18.0 Å². The molecule has 1 aromatic carbocycles. The van der Waals surface area contributed by atoms with Gasteiger partial charge in [0.25, 0.3) is 5.91 Å². The number of nitrogens with one attached hydrogen (secondary N) is 2. The number of carbonyl (C=O) groups is 2. The molecule has 4 aromatic rings. The molecule has 0 radical (unpaired) electrons. The number of sulfonamides is 1. The maximum Gasteiger partial charge on any atom is 0.268 e. The van der Waals surface area contributed by atoms with E-state index in [-0.39, 0.29) is 35.9 Å². The summed E-state index contributed by atoms with van der Waals surface area (Å²) >= 11 is 0. The van der Waals surface area contributed by atoms with Gasteiger partial charge in [-0.3, -0.25) is 14.7 Å². The molecule has 1 amide bonds. The Labute approximate surface area is 201 Å². The van der Waals surface area contributed by atoms with Crippen LogP contribution in [0.5, 0.6) is 0 Å². The van der Waals surface area contributed by atoms with Gasteiger partial charge in [0.15, 0.2) is 6.29 Å². The van der Waals surface area contributed by atoms with E-state index in [1.54, 1.807) is 19.3 Å². The average molecular weight is 494 g/mol. The number of aldehydes is 1. The van der Waals surface area contributed by atoms with E-state index in [1.807, 2.05) is 18.2 Å². The normalized spacial score (nSPS) is 14.1. The summed E-state index contributed by atoms with van der Waals surface area (Å²) in [6.07, 6.45) is 4.25. The number of H-pyrrole nitrogens is 1. The van der Waals surface area contributed by atoms with E-state index in [0.717, 1.165) is 27.7 Å². The van der Waals surface area contributed by atoms with Crippen LogP contribution in [0.4, 0.5) is 0 Å². The number of hydrogen-bond acceptors (Lipinski definition) is 7. The third kappa shape index (κ3) is 4.00.